The Hall–Kier alpha value is -4.05. The van der Waals surface area contributed by atoms with Crippen LogP contribution in [-0.4, -0.2) is 83.2 Å². The van der Waals surface area contributed by atoms with Gasteiger partial charge in [0.2, 0.25) is 5.54 Å². The molecule has 3 aromatic rings. The number of nitrogens with zero attached hydrogens (tertiary/aromatic N) is 2. The number of halogens is 4. The number of nitrogens with one attached hydrogen (secondary N) is 1. The van der Waals surface area contributed by atoms with Crippen LogP contribution in [0.2, 0.25) is 5.02 Å². The summed E-state index contributed by atoms with van der Waals surface area (Å²) in [5, 5.41) is 13.7. The van der Waals surface area contributed by atoms with Gasteiger partial charge < -0.3 is 24.6 Å². The van der Waals surface area contributed by atoms with Crippen LogP contribution >= 0.6 is 11.6 Å². The van der Waals surface area contributed by atoms with Crippen LogP contribution in [0.3, 0.4) is 0 Å². The van der Waals surface area contributed by atoms with Crippen LogP contribution in [0.25, 0.3) is 0 Å². The number of amides is 2. The standard InChI is InChI=1S/C31H31ClF3N3O8S/c1-36-28(40)24-14-20(39)17-38(24,2)30(16-18-7-5-6-8-25(18)45-4)22-13-19(32)9-11-23(22)37(29(30)41)47(42,43)27-12-10-21(44-3)15-26(27)46-31(33,34)35/h5-13,15,20,24,39H,14,16-17H2,1-4H3/p+1/t20-,24+,30?,38?/m1/s1. The largest absolute Gasteiger partial charge is 0.573 e. The molecule has 2 unspecified atom stereocenters. The number of aliphatic hydroxyl groups is 1. The van der Waals surface area contributed by atoms with Gasteiger partial charge in [0.05, 0.1) is 27.0 Å². The molecule has 0 radical (unpaired) electrons. The summed E-state index contributed by atoms with van der Waals surface area (Å²) < 4.78 is 84.3. The van der Waals surface area contributed by atoms with Crippen molar-refractivity contribution in [2.45, 2.75) is 41.8 Å². The number of aliphatic hydroxyl groups excluding tert-OH is 1. The van der Waals surface area contributed by atoms with E-state index in [0.29, 0.717) is 15.6 Å². The molecule has 3 aromatic carbocycles. The van der Waals surface area contributed by atoms with Crippen molar-refractivity contribution in [2.75, 3.05) is 39.2 Å². The van der Waals surface area contributed by atoms with E-state index in [0.717, 1.165) is 18.2 Å². The Morgan fingerprint density at radius 2 is 1.81 bits per heavy atom. The minimum Gasteiger partial charge on any atom is -0.497 e. The van der Waals surface area contributed by atoms with Crippen LogP contribution in [0.5, 0.6) is 17.2 Å². The van der Waals surface area contributed by atoms with E-state index in [-0.39, 0.29) is 41.4 Å². The molecule has 252 valence electrons. The molecule has 2 amide bonds. The lowest BCUT2D eigenvalue weighted by molar-refractivity contribution is -0.959. The van der Waals surface area contributed by atoms with Gasteiger partial charge >= 0.3 is 12.3 Å². The Bertz CT molecular complexity index is 1840. The fourth-order valence-corrected chi connectivity index (χ4v) is 8.58. The Balaban J connectivity index is 1.84. The Morgan fingerprint density at radius 3 is 2.45 bits per heavy atom. The monoisotopic (exact) mass is 698 g/mol. The summed E-state index contributed by atoms with van der Waals surface area (Å²) in [5.74, 6) is -2.51. The highest BCUT2D eigenvalue weighted by Crippen LogP contribution is 2.55. The molecule has 16 heteroatoms. The van der Waals surface area contributed by atoms with E-state index in [1.165, 1.54) is 39.5 Å². The summed E-state index contributed by atoms with van der Waals surface area (Å²) in [4.78, 5) is 27.7. The van der Waals surface area contributed by atoms with E-state index in [1.807, 2.05) is 0 Å². The van der Waals surface area contributed by atoms with Crippen LogP contribution < -0.4 is 23.8 Å². The van der Waals surface area contributed by atoms with Crippen molar-refractivity contribution >= 4 is 39.1 Å². The molecule has 4 atom stereocenters. The lowest BCUT2D eigenvalue weighted by Crippen LogP contribution is -2.70. The third-order valence-corrected chi connectivity index (χ3v) is 10.9. The lowest BCUT2D eigenvalue weighted by atomic mass is 9.80. The topological polar surface area (TPSA) is 131 Å². The molecule has 0 aliphatic carbocycles. The molecule has 2 N–H and O–H groups in total. The van der Waals surface area contributed by atoms with Crippen LogP contribution in [0.4, 0.5) is 18.9 Å². The number of hydrogen-bond acceptors (Lipinski definition) is 8. The zero-order valence-corrected chi connectivity index (χ0v) is 27.2. The number of alkyl halides is 3. The molecule has 0 spiro atoms. The average Bonchev–Trinajstić information content (AvgIpc) is 3.46. The maximum Gasteiger partial charge on any atom is 0.573 e. The molecular weight excluding hydrogens is 667 g/mol. The van der Waals surface area contributed by atoms with Gasteiger partial charge in [0.25, 0.3) is 15.9 Å². The SMILES string of the molecule is CNC(=O)[C@@H]1C[C@@H](O)C[N+]1(C)C1(Cc2ccccc2OC)C(=O)N(S(=O)(=O)c2ccc(OC)cc2OC(F)(F)F)c2ccc(Cl)cc21. The van der Waals surface area contributed by atoms with Gasteiger partial charge in [-0.1, -0.05) is 29.8 Å². The third kappa shape index (κ3) is 5.64. The van der Waals surface area contributed by atoms with E-state index in [9.17, 15) is 31.5 Å². The zero-order chi connectivity index (χ0) is 34.5. The highest BCUT2D eigenvalue weighted by atomic mass is 35.5. The minimum absolute atomic E-state index is 0.0676. The average molecular weight is 699 g/mol. The molecular formula is C31H32ClF3N3O8S+. The zero-order valence-electron chi connectivity index (χ0n) is 25.7. The highest BCUT2D eigenvalue weighted by Gasteiger charge is 2.70. The first-order chi connectivity index (χ1) is 22.0. The lowest BCUT2D eigenvalue weighted by Gasteiger charge is -2.48. The highest BCUT2D eigenvalue weighted by molar-refractivity contribution is 7.93. The van der Waals surface area contributed by atoms with Crippen molar-refractivity contribution in [3.63, 3.8) is 0 Å². The molecule has 5 rings (SSSR count). The minimum atomic E-state index is -5.30. The van der Waals surface area contributed by atoms with E-state index in [1.54, 1.807) is 31.3 Å². The van der Waals surface area contributed by atoms with Crippen molar-refractivity contribution in [3.8, 4) is 17.2 Å². The number of ether oxygens (including phenoxy) is 3. The fourth-order valence-electron chi connectivity index (χ4n) is 6.83. The van der Waals surface area contributed by atoms with Gasteiger partial charge in [-0.3, -0.25) is 14.1 Å². The number of quaternary nitrogens is 1. The van der Waals surface area contributed by atoms with Gasteiger partial charge in [-0.05, 0) is 36.4 Å². The summed E-state index contributed by atoms with van der Waals surface area (Å²) in [6.45, 7) is -0.163. The van der Waals surface area contributed by atoms with Crippen molar-refractivity contribution in [1.29, 1.82) is 0 Å². The summed E-state index contributed by atoms with van der Waals surface area (Å²) in [5.41, 5.74) is -1.63. The maximum absolute atomic E-state index is 15.2. The quantitative estimate of drug-likeness (QED) is 0.323. The number of methoxy groups -OCH3 is 2. The third-order valence-electron chi connectivity index (χ3n) is 8.89. The second-order valence-corrected chi connectivity index (χ2v) is 13.6. The Labute approximate surface area is 274 Å². The van der Waals surface area contributed by atoms with Crippen molar-refractivity contribution < 1.29 is 55.0 Å². The number of benzene rings is 3. The van der Waals surface area contributed by atoms with E-state index in [2.05, 4.69) is 10.1 Å². The van der Waals surface area contributed by atoms with Crippen molar-refractivity contribution in [3.05, 3.63) is 76.8 Å². The van der Waals surface area contributed by atoms with Crippen molar-refractivity contribution in [2.24, 2.45) is 0 Å². The normalized spacial score (nSPS) is 24.2. The number of likely N-dealkylation sites (N-methyl/N-ethyl adjacent to an activating group) is 2. The Kier molecular flexibility index (Phi) is 8.90. The predicted molar refractivity (Wildman–Crippen MR) is 164 cm³/mol. The number of para-hydroxylation sites is 1. The molecule has 1 fully saturated rings. The molecule has 2 aliphatic rings. The number of hydrogen-bond donors (Lipinski definition) is 2. The van der Waals surface area contributed by atoms with E-state index >= 15 is 4.79 Å². The number of anilines is 1. The summed E-state index contributed by atoms with van der Waals surface area (Å²) in [6.07, 6.45) is -6.69. The maximum atomic E-state index is 15.2. The molecule has 2 aliphatic heterocycles. The van der Waals surface area contributed by atoms with Gasteiger partial charge in [0, 0.05) is 42.1 Å². The smallest absolute Gasteiger partial charge is 0.497 e. The summed E-state index contributed by atoms with van der Waals surface area (Å²) >= 11 is 6.48. The molecule has 47 heavy (non-hydrogen) atoms. The first-order valence-corrected chi connectivity index (χ1v) is 16.1. The van der Waals surface area contributed by atoms with Gasteiger partial charge in [0.15, 0.2) is 11.8 Å². The predicted octanol–water partition coefficient (Wildman–Crippen LogP) is 3.76. The van der Waals surface area contributed by atoms with Gasteiger partial charge in [-0.15, -0.1) is 13.2 Å². The number of carbonyl (C=O) groups is 2. The number of likely N-dealkylation sites (tertiary alicyclic amines) is 1. The number of carbonyl (C=O) groups excluding carboxylic acids is 2. The molecule has 0 aromatic heterocycles. The fraction of sp³-hybridized carbons (Fsp3) is 0.355. The van der Waals surface area contributed by atoms with Gasteiger partial charge in [0.1, 0.15) is 29.0 Å². The van der Waals surface area contributed by atoms with Gasteiger partial charge in [-0.2, -0.15) is 4.31 Å². The summed E-state index contributed by atoms with van der Waals surface area (Å²) in [6, 6.07) is 12.4. The van der Waals surface area contributed by atoms with E-state index in [4.69, 9.17) is 21.1 Å². The second-order valence-electron chi connectivity index (χ2n) is 11.4. The number of fused-ring (bicyclic) bond motifs is 1. The van der Waals surface area contributed by atoms with Crippen LogP contribution in [0.15, 0.2) is 65.6 Å². The van der Waals surface area contributed by atoms with Gasteiger partial charge in [-0.25, -0.2) is 8.42 Å². The molecule has 0 bridgehead atoms. The summed E-state index contributed by atoms with van der Waals surface area (Å²) in [7, 11) is 0.374. The van der Waals surface area contributed by atoms with Crippen LogP contribution in [0, 0.1) is 0 Å². The first-order valence-electron chi connectivity index (χ1n) is 14.2. The molecule has 1 saturated heterocycles. The second kappa shape index (κ2) is 12.2. The Morgan fingerprint density at radius 1 is 1.11 bits per heavy atom. The molecule has 2 heterocycles. The van der Waals surface area contributed by atoms with E-state index < -0.39 is 61.0 Å². The molecule has 11 nitrogen and oxygen atoms in total. The molecule has 0 saturated carbocycles. The van der Waals surface area contributed by atoms with Crippen molar-refractivity contribution in [1.82, 2.24) is 5.32 Å². The van der Waals surface area contributed by atoms with Crippen LogP contribution in [-0.2, 0) is 31.6 Å². The number of sulfonamides is 1. The number of rotatable bonds is 9. The van der Waals surface area contributed by atoms with Crippen LogP contribution in [0.1, 0.15) is 17.5 Å². The first kappa shape index (κ1) is 34.3.